The highest BCUT2D eigenvalue weighted by molar-refractivity contribution is 7.92. The zero-order valence-corrected chi connectivity index (χ0v) is 18.8. The Morgan fingerprint density at radius 2 is 1.74 bits per heavy atom. The van der Waals surface area contributed by atoms with Crippen LogP contribution in [0.4, 0.5) is 5.69 Å². The molecule has 3 rings (SSSR count). The minimum atomic E-state index is -3.69. The number of aryl methyl sites for hydroxylation is 1. The van der Waals surface area contributed by atoms with E-state index >= 15 is 0 Å². The Kier molecular flexibility index (Phi) is 6.74. The Labute approximate surface area is 182 Å². The van der Waals surface area contributed by atoms with Crippen molar-refractivity contribution in [2.75, 3.05) is 17.6 Å². The van der Waals surface area contributed by atoms with Crippen LogP contribution in [-0.2, 0) is 27.8 Å². The number of hydrogen-bond donors (Lipinski definition) is 0. The number of likely N-dealkylation sites (N-methyl/N-ethyl adjacent to an activating group) is 1. The monoisotopic (exact) mass is 442 g/mol. The Morgan fingerprint density at radius 1 is 1.10 bits per heavy atom. The fraction of sp³-hybridized carbons (Fsp3) is 0.318. The Bertz CT molecular complexity index is 1130. The van der Waals surface area contributed by atoms with Gasteiger partial charge in [-0.15, -0.1) is 0 Å². The molecule has 0 spiro atoms. The van der Waals surface area contributed by atoms with E-state index in [9.17, 15) is 13.2 Å². The van der Waals surface area contributed by atoms with E-state index in [4.69, 9.17) is 4.52 Å². The van der Waals surface area contributed by atoms with Crippen LogP contribution in [0.25, 0.3) is 11.4 Å². The molecule has 0 N–H and O–H groups in total. The molecule has 1 amide bonds. The molecule has 9 heteroatoms. The summed E-state index contributed by atoms with van der Waals surface area (Å²) in [7, 11) is -2.11. The number of sulfonamides is 1. The number of carbonyl (C=O) groups is 1. The molecule has 0 fully saturated rings. The summed E-state index contributed by atoms with van der Waals surface area (Å²) in [5.41, 5.74) is 2.33. The first kappa shape index (κ1) is 22.5. The van der Waals surface area contributed by atoms with Crippen molar-refractivity contribution < 1.29 is 17.7 Å². The third kappa shape index (κ3) is 5.29. The average molecular weight is 443 g/mol. The summed E-state index contributed by atoms with van der Waals surface area (Å²) < 4.78 is 31.4. The third-order valence-corrected chi connectivity index (χ3v) is 6.16. The lowest BCUT2D eigenvalue weighted by atomic mass is 10.1. The van der Waals surface area contributed by atoms with Crippen molar-refractivity contribution in [3.63, 3.8) is 0 Å². The molecule has 0 unspecified atom stereocenters. The maximum Gasteiger partial charge on any atom is 0.246 e. The van der Waals surface area contributed by atoms with Crippen LogP contribution in [0, 0.1) is 0 Å². The molecular formula is C22H26N4O4S. The van der Waals surface area contributed by atoms with Crippen molar-refractivity contribution in [2.45, 2.75) is 32.9 Å². The summed E-state index contributed by atoms with van der Waals surface area (Å²) in [5, 5.41) is 3.95. The second-order valence-corrected chi connectivity index (χ2v) is 9.19. The highest BCUT2D eigenvalue weighted by Crippen LogP contribution is 2.23. The van der Waals surface area contributed by atoms with Crippen molar-refractivity contribution in [3.05, 3.63) is 66.1 Å². The van der Waals surface area contributed by atoms with E-state index in [0.29, 0.717) is 11.5 Å². The standard InChI is InChI=1S/C22H26N4O4S/c1-5-17-11-13-19(14-12-17)26(31(4,28)29)16(2)22(27)25(3)15-20-23-21(24-30-20)18-9-7-6-8-10-18/h6-14,16H,5,15H2,1-4H3/t16-/m0/s1. The van der Waals surface area contributed by atoms with Gasteiger partial charge >= 0.3 is 0 Å². The van der Waals surface area contributed by atoms with Crippen LogP contribution in [-0.4, -0.2) is 48.7 Å². The molecule has 0 bridgehead atoms. The normalized spacial score (nSPS) is 12.4. The van der Waals surface area contributed by atoms with Gasteiger partial charge in [-0.25, -0.2) is 8.42 Å². The van der Waals surface area contributed by atoms with Crippen LogP contribution < -0.4 is 4.31 Å². The van der Waals surface area contributed by atoms with Crippen molar-refractivity contribution >= 4 is 21.6 Å². The fourth-order valence-electron chi connectivity index (χ4n) is 3.30. The number of carbonyl (C=O) groups excluding carboxylic acids is 1. The Hall–Kier alpha value is -3.20. The van der Waals surface area contributed by atoms with E-state index in [1.165, 1.54) is 4.90 Å². The lowest BCUT2D eigenvalue weighted by molar-refractivity contribution is -0.131. The molecule has 0 aliphatic rings. The summed E-state index contributed by atoms with van der Waals surface area (Å²) in [4.78, 5) is 18.7. The SMILES string of the molecule is CCc1ccc(N([C@@H](C)C(=O)N(C)Cc2nc(-c3ccccc3)no2)S(C)(=O)=O)cc1. The van der Waals surface area contributed by atoms with Crippen LogP contribution in [0.1, 0.15) is 25.3 Å². The summed E-state index contributed by atoms with van der Waals surface area (Å²) in [6.45, 7) is 3.65. The smallest absolute Gasteiger partial charge is 0.246 e. The lowest BCUT2D eigenvalue weighted by Gasteiger charge is -2.30. The molecule has 0 saturated carbocycles. The van der Waals surface area contributed by atoms with E-state index in [2.05, 4.69) is 10.1 Å². The lowest BCUT2D eigenvalue weighted by Crippen LogP contribution is -2.48. The maximum absolute atomic E-state index is 13.0. The van der Waals surface area contributed by atoms with Crippen molar-refractivity contribution in [2.24, 2.45) is 0 Å². The van der Waals surface area contributed by atoms with Crippen LogP contribution in [0.5, 0.6) is 0 Å². The number of anilines is 1. The molecule has 1 heterocycles. The average Bonchev–Trinajstić information content (AvgIpc) is 3.22. The number of benzene rings is 2. The van der Waals surface area contributed by atoms with Crippen molar-refractivity contribution in [1.29, 1.82) is 0 Å². The highest BCUT2D eigenvalue weighted by atomic mass is 32.2. The maximum atomic E-state index is 13.0. The predicted molar refractivity (Wildman–Crippen MR) is 119 cm³/mol. The van der Waals surface area contributed by atoms with Gasteiger partial charge in [0.2, 0.25) is 27.6 Å². The molecule has 1 atom stereocenters. The van der Waals surface area contributed by atoms with E-state index in [1.807, 2.05) is 49.4 Å². The van der Waals surface area contributed by atoms with E-state index < -0.39 is 16.1 Å². The van der Waals surface area contributed by atoms with Gasteiger partial charge in [0, 0.05) is 12.6 Å². The van der Waals surface area contributed by atoms with E-state index in [1.54, 1.807) is 26.1 Å². The van der Waals surface area contributed by atoms with Crippen LogP contribution in [0.2, 0.25) is 0 Å². The van der Waals surface area contributed by atoms with Crippen molar-refractivity contribution in [1.82, 2.24) is 15.0 Å². The topological polar surface area (TPSA) is 96.6 Å². The highest BCUT2D eigenvalue weighted by Gasteiger charge is 2.31. The first-order chi connectivity index (χ1) is 14.7. The molecule has 0 saturated heterocycles. The minimum Gasteiger partial charge on any atom is -0.337 e. The molecule has 0 aliphatic heterocycles. The van der Waals surface area contributed by atoms with Crippen LogP contribution in [0.3, 0.4) is 0 Å². The van der Waals surface area contributed by atoms with Crippen LogP contribution in [0.15, 0.2) is 59.1 Å². The number of nitrogens with zero attached hydrogens (tertiary/aromatic N) is 4. The van der Waals surface area contributed by atoms with Gasteiger partial charge < -0.3 is 9.42 Å². The molecule has 2 aromatic carbocycles. The summed E-state index contributed by atoms with van der Waals surface area (Å²) in [6, 6.07) is 15.6. The van der Waals surface area contributed by atoms with Gasteiger partial charge in [0.25, 0.3) is 0 Å². The number of rotatable bonds is 8. The molecule has 1 aromatic heterocycles. The van der Waals surface area contributed by atoms with Gasteiger partial charge in [0.15, 0.2) is 0 Å². The van der Waals surface area contributed by atoms with Gasteiger partial charge in [-0.2, -0.15) is 4.98 Å². The second-order valence-electron chi connectivity index (χ2n) is 7.33. The predicted octanol–water partition coefficient (Wildman–Crippen LogP) is 3.11. The third-order valence-electron chi connectivity index (χ3n) is 4.91. The van der Waals surface area contributed by atoms with Crippen LogP contribution >= 0.6 is 0 Å². The summed E-state index contributed by atoms with van der Waals surface area (Å²) in [6.07, 6.45) is 1.93. The molecule has 0 radical (unpaired) electrons. The zero-order chi connectivity index (χ0) is 22.6. The second kappa shape index (κ2) is 9.30. The van der Waals surface area contributed by atoms with E-state index in [0.717, 1.165) is 28.1 Å². The van der Waals surface area contributed by atoms with E-state index in [-0.39, 0.29) is 18.3 Å². The number of hydrogen-bond acceptors (Lipinski definition) is 6. The Balaban J connectivity index is 1.77. The van der Waals surface area contributed by atoms with Crippen molar-refractivity contribution in [3.8, 4) is 11.4 Å². The molecular weight excluding hydrogens is 416 g/mol. The number of amides is 1. The quantitative estimate of drug-likeness (QED) is 0.532. The van der Waals surface area contributed by atoms with Gasteiger partial charge in [0.1, 0.15) is 6.04 Å². The molecule has 3 aromatic rings. The first-order valence-electron chi connectivity index (χ1n) is 9.92. The zero-order valence-electron chi connectivity index (χ0n) is 18.0. The van der Waals surface area contributed by atoms with Gasteiger partial charge in [0.05, 0.1) is 18.5 Å². The Morgan fingerprint density at radius 3 is 2.32 bits per heavy atom. The van der Waals surface area contributed by atoms with Gasteiger partial charge in [-0.1, -0.05) is 54.5 Å². The number of aromatic nitrogens is 2. The molecule has 164 valence electrons. The molecule has 31 heavy (non-hydrogen) atoms. The van der Waals surface area contributed by atoms with Gasteiger partial charge in [-0.05, 0) is 31.0 Å². The largest absolute Gasteiger partial charge is 0.337 e. The first-order valence-corrected chi connectivity index (χ1v) is 11.8. The van der Waals surface area contributed by atoms with Gasteiger partial charge in [-0.3, -0.25) is 9.10 Å². The summed E-state index contributed by atoms with van der Waals surface area (Å²) >= 11 is 0. The summed E-state index contributed by atoms with van der Waals surface area (Å²) in [5.74, 6) is 0.308. The fourth-order valence-corrected chi connectivity index (χ4v) is 4.47. The molecule has 8 nitrogen and oxygen atoms in total. The minimum absolute atomic E-state index is 0.0649. The molecule has 0 aliphatic carbocycles.